The van der Waals surface area contributed by atoms with Gasteiger partial charge in [-0.1, -0.05) is 23.7 Å². The third-order valence-electron chi connectivity index (χ3n) is 7.58. The van der Waals surface area contributed by atoms with E-state index < -0.39 is 28.6 Å². The summed E-state index contributed by atoms with van der Waals surface area (Å²) in [6, 6.07) is 6.30. The maximum Gasteiger partial charge on any atom is 0.310 e. The molecule has 38 heavy (non-hydrogen) atoms. The number of H-pyrrole nitrogens is 1. The summed E-state index contributed by atoms with van der Waals surface area (Å²) in [5, 5.41) is 30.8. The number of aliphatic carboxylic acids is 1. The van der Waals surface area contributed by atoms with Gasteiger partial charge in [-0.2, -0.15) is 5.10 Å². The zero-order valence-corrected chi connectivity index (χ0v) is 21.8. The van der Waals surface area contributed by atoms with Gasteiger partial charge in [-0.25, -0.2) is 18.7 Å². The maximum atomic E-state index is 15.7. The Morgan fingerprint density at radius 3 is 2.66 bits per heavy atom. The molecule has 3 aromatic rings. The van der Waals surface area contributed by atoms with Crippen LogP contribution >= 0.6 is 11.6 Å². The molecule has 0 radical (unpaired) electrons. The maximum absolute atomic E-state index is 15.7. The second-order valence-corrected chi connectivity index (χ2v) is 10.9. The highest BCUT2D eigenvalue weighted by atomic mass is 35.5. The molecule has 1 saturated carbocycles. The van der Waals surface area contributed by atoms with Gasteiger partial charge < -0.3 is 15.5 Å². The van der Waals surface area contributed by atoms with Gasteiger partial charge in [0.15, 0.2) is 11.6 Å². The topological polar surface area (TPSA) is 127 Å². The molecule has 1 aliphatic carbocycles. The Labute approximate surface area is 223 Å². The lowest BCUT2D eigenvalue weighted by Gasteiger charge is -2.43. The largest absolute Gasteiger partial charge is 0.481 e. The summed E-state index contributed by atoms with van der Waals surface area (Å²) in [5.74, 6) is -1.88. The van der Waals surface area contributed by atoms with E-state index in [1.54, 1.807) is 18.2 Å². The average Bonchev–Trinajstić information content (AvgIpc) is 3.48. The quantitative estimate of drug-likeness (QED) is 0.326. The fourth-order valence-electron chi connectivity index (χ4n) is 5.18. The number of aryl methyl sites for hydroxylation is 1. The minimum Gasteiger partial charge on any atom is -0.481 e. The van der Waals surface area contributed by atoms with Crippen LogP contribution in [0.2, 0.25) is 5.02 Å². The Balaban J connectivity index is 1.42. The smallest absolute Gasteiger partial charge is 0.310 e. The summed E-state index contributed by atoms with van der Waals surface area (Å²) in [6.07, 6.45) is 0.945. The van der Waals surface area contributed by atoms with Gasteiger partial charge in [0.25, 0.3) is 0 Å². The van der Waals surface area contributed by atoms with Crippen LogP contribution in [0.5, 0.6) is 0 Å². The van der Waals surface area contributed by atoms with Gasteiger partial charge >= 0.3 is 5.97 Å². The number of hydrogen-bond acceptors (Lipinski definition) is 7. The van der Waals surface area contributed by atoms with Gasteiger partial charge in [0.05, 0.1) is 16.1 Å². The van der Waals surface area contributed by atoms with Crippen molar-refractivity contribution in [3.8, 4) is 0 Å². The molecule has 1 saturated heterocycles. The van der Waals surface area contributed by atoms with E-state index in [1.807, 2.05) is 18.7 Å². The zero-order chi connectivity index (χ0) is 27.2. The standard InChI is InChI=1S/C26H29ClF2N6O3/c1-14-10-19(34-33-14)31-24-30-18(21(29)22(32-24)26(38)6-7-26)12-25(23(36)37)8-9-35(15(2)11-25)13-16-4-3-5-17(27)20(16)28/h3-5,10,15,38H,6-9,11-13H2,1-2H3,(H,36,37)(H2,30,31,32,33,34)/t15-,25-/m1/s1. The van der Waals surface area contributed by atoms with Crippen molar-refractivity contribution < 1.29 is 23.8 Å². The van der Waals surface area contributed by atoms with Crippen molar-refractivity contribution >= 4 is 29.3 Å². The number of nitrogens with one attached hydrogen (secondary N) is 2. The lowest BCUT2D eigenvalue weighted by Crippen LogP contribution is -2.50. The number of rotatable bonds is 8. The Bertz CT molecular complexity index is 1380. The molecule has 9 nitrogen and oxygen atoms in total. The molecular formula is C26H29ClF2N6O3. The van der Waals surface area contributed by atoms with E-state index in [2.05, 4.69) is 25.5 Å². The van der Waals surface area contributed by atoms with Crippen LogP contribution in [0.15, 0.2) is 24.3 Å². The number of likely N-dealkylation sites (tertiary alicyclic amines) is 1. The van der Waals surface area contributed by atoms with Crippen LogP contribution in [0.3, 0.4) is 0 Å². The van der Waals surface area contributed by atoms with Crippen molar-refractivity contribution in [1.82, 2.24) is 25.1 Å². The van der Waals surface area contributed by atoms with Crippen LogP contribution in [0, 0.1) is 24.0 Å². The molecule has 202 valence electrons. The van der Waals surface area contributed by atoms with Crippen LogP contribution in [0.25, 0.3) is 0 Å². The molecule has 0 spiro atoms. The van der Waals surface area contributed by atoms with E-state index >= 15 is 4.39 Å². The van der Waals surface area contributed by atoms with Gasteiger partial charge in [-0.05, 0) is 52.1 Å². The minimum absolute atomic E-state index is 0.0330. The van der Waals surface area contributed by atoms with Gasteiger partial charge in [0.1, 0.15) is 17.1 Å². The predicted octanol–water partition coefficient (Wildman–Crippen LogP) is 4.46. The molecule has 5 rings (SSSR count). The van der Waals surface area contributed by atoms with E-state index in [0.29, 0.717) is 30.8 Å². The van der Waals surface area contributed by atoms with Crippen molar-refractivity contribution in [2.24, 2.45) is 5.41 Å². The molecule has 0 amide bonds. The van der Waals surface area contributed by atoms with Crippen LogP contribution in [0.1, 0.15) is 55.3 Å². The zero-order valence-electron chi connectivity index (χ0n) is 21.1. The van der Waals surface area contributed by atoms with E-state index in [1.165, 1.54) is 6.07 Å². The number of benzene rings is 1. The molecule has 1 aromatic carbocycles. The van der Waals surface area contributed by atoms with Gasteiger partial charge in [-0.3, -0.25) is 14.8 Å². The van der Waals surface area contributed by atoms with E-state index in [9.17, 15) is 19.4 Å². The summed E-state index contributed by atoms with van der Waals surface area (Å²) in [5.41, 5.74) is -1.69. The minimum atomic E-state index is -1.40. The third kappa shape index (κ3) is 5.10. The highest BCUT2D eigenvalue weighted by molar-refractivity contribution is 6.30. The molecule has 3 heterocycles. The molecule has 1 aliphatic heterocycles. The fourth-order valence-corrected chi connectivity index (χ4v) is 5.37. The van der Waals surface area contributed by atoms with Crippen molar-refractivity contribution in [3.63, 3.8) is 0 Å². The van der Waals surface area contributed by atoms with E-state index in [-0.39, 0.29) is 54.2 Å². The molecule has 4 N–H and O–H groups in total. The monoisotopic (exact) mass is 546 g/mol. The summed E-state index contributed by atoms with van der Waals surface area (Å²) in [7, 11) is 0. The van der Waals surface area contributed by atoms with E-state index in [4.69, 9.17) is 11.6 Å². The number of aromatic nitrogens is 4. The second kappa shape index (κ2) is 9.87. The highest BCUT2D eigenvalue weighted by Gasteiger charge is 2.49. The number of piperidine rings is 1. The van der Waals surface area contributed by atoms with Gasteiger partial charge in [0.2, 0.25) is 5.95 Å². The number of halogens is 3. The highest BCUT2D eigenvalue weighted by Crippen LogP contribution is 2.47. The third-order valence-corrected chi connectivity index (χ3v) is 7.87. The second-order valence-electron chi connectivity index (χ2n) is 10.5. The first-order chi connectivity index (χ1) is 18.0. The van der Waals surface area contributed by atoms with Crippen LogP contribution in [-0.2, 0) is 23.4 Å². The molecule has 0 bridgehead atoms. The summed E-state index contributed by atoms with van der Waals surface area (Å²) < 4.78 is 30.2. The van der Waals surface area contributed by atoms with Crippen LogP contribution in [-0.4, -0.2) is 53.8 Å². The summed E-state index contributed by atoms with van der Waals surface area (Å²) in [4.78, 5) is 23.2. The molecule has 12 heteroatoms. The predicted molar refractivity (Wildman–Crippen MR) is 136 cm³/mol. The number of anilines is 2. The SMILES string of the molecule is Cc1cc(Nc2nc(C[C@@]3(C(=O)O)CCN(Cc4cccc(Cl)c4F)[C@H](C)C3)c(F)c(C3(O)CC3)n2)n[nH]1. The van der Waals surface area contributed by atoms with Crippen LogP contribution in [0.4, 0.5) is 20.5 Å². The van der Waals surface area contributed by atoms with E-state index in [0.717, 1.165) is 5.69 Å². The Morgan fingerprint density at radius 2 is 2.03 bits per heavy atom. The Morgan fingerprint density at radius 1 is 1.26 bits per heavy atom. The van der Waals surface area contributed by atoms with Gasteiger partial charge in [-0.15, -0.1) is 0 Å². The lowest BCUT2D eigenvalue weighted by atomic mass is 9.72. The summed E-state index contributed by atoms with van der Waals surface area (Å²) in [6.45, 7) is 4.33. The Hall–Kier alpha value is -3.15. The van der Waals surface area contributed by atoms with Crippen molar-refractivity contribution in [2.45, 2.75) is 64.1 Å². The molecule has 2 atom stereocenters. The number of aliphatic hydroxyl groups is 1. The lowest BCUT2D eigenvalue weighted by molar-refractivity contribution is -0.153. The van der Waals surface area contributed by atoms with Crippen LogP contribution < -0.4 is 5.32 Å². The van der Waals surface area contributed by atoms with Gasteiger partial charge in [0, 0.05) is 36.3 Å². The number of carboxylic acid groups (broad SMARTS) is 1. The number of carbonyl (C=O) groups is 1. The average molecular weight is 547 g/mol. The number of hydrogen-bond donors (Lipinski definition) is 4. The summed E-state index contributed by atoms with van der Waals surface area (Å²) >= 11 is 5.93. The molecule has 2 fully saturated rings. The molecule has 2 aromatic heterocycles. The first kappa shape index (κ1) is 26.5. The van der Waals surface area contributed by atoms with Crippen molar-refractivity contribution in [2.75, 3.05) is 11.9 Å². The Kier molecular flexibility index (Phi) is 6.87. The number of carboxylic acids is 1. The molecular weight excluding hydrogens is 518 g/mol. The first-order valence-corrected chi connectivity index (χ1v) is 12.9. The van der Waals surface area contributed by atoms with Crippen molar-refractivity contribution in [1.29, 1.82) is 0 Å². The fraction of sp³-hybridized carbons (Fsp3) is 0.462. The number of aromatic amines is 1. The molecule has 2 aliphatic rings. The molecule has 0 unspecified atom stereocenters. The normalized spacial score (nSPS) is 22.8. The number of nitrogens with zero attached hydrogens (tertiary/aromatic N) is 4. The first-order valence-electron chi connectivity index (χ1n) is 12.5. The van der Waals surface area contributed by atoms with Crippen molar-refractivity contribution in [3.05, 3.63) is 63.6 Å².